The number of carbonyl (C=O) groups excluding carboxylic acids is 4. The van der Waals surface area contributed by atoms with Crippen LogP contribution in [-0.4, -0.2) is 86.8 Å². The van der Waals surface area contributed by atoms with Crippen molar-refractivity contribution in [2.45, 2.75) is 45.4 Å². The molecule has 164 valence electrons. The van der Waals surface area contributed by atoms with Gasteiger partial charge in [0.1, 0.15) is 6.54 Å². The molecule has 0 saturated carbocycles. The Labute approximate surface area is 175 Å². The molecule has 1 saturated heterocycles. The third-order valence-electron chi connectivity index (χ3n) is 3.63. The summed E-state index contributed by atoms with van der Waals surface area (Å²) in [5.41, 5.74) is 0. The van der Waals surface area contributed by atoms with Crippen molar-refractivity contribution in [1.82, 2.24) is 0 Å². The summed E-state index contributed by atoms with van der Waals surface area (Å²) in [5.74, 6) is -0.257. The van der Waals surface area contributed by atoms with Crippen LogP contribution in [0, 0.1) is 12.3 Å². The van der Waals surface area contributed by atoms with Gasteiger partial charge in [-0.25, -0.2) is 4.79 Å². The van der Waals surface area contributed by atoms with Crippen LogP contribution in [0.3, 0.4) is 0 Å². The Morgan fingerprint density at radius 1 is 0.966 bits per heavy atom. The first-order valence-electron chi connectivity index (χ1n) is 8.53. The van der Waals surface area contributed by atoms with Crippen LogP contribution in [0.25, 0.3) is 0 Å². The highest BCUT2D eigenvalue weighted by atomic mass is 35.5. The fourth-order valence-electron chi connectivity index (χ4n) is 2.63. The minimum absolute atomic E-state index is 0. The standard InChI is InChI=1S/C18H26NO9.ClH/c1-7-8-19(5,6)9-15(23)28-18-17(27-13(4)22)16(26-12(3)21)14(10-24-18)25-11(2)20;/h1,14,16-18H,8-10H2,2-6H3;1H/q+1;/p-1/t14-,16-,17+,18?;/m0./s1. The molecule has 1 fully saturated rings. The van der Waals surface area contributed by atoms with E-state index in [0.29, 0.717) is 6.54 Å². The van der Waals surface area contributed by atoms with E-state index in [4.69, 9.17) is 30.1 Å². The predicted octanol–water partition coefficient (Wildman–Crippen LogP) is -3.61. The van der Waals surface area contributed by atoms with Crippen molar-refractivity contribution in [3.05, 3.63) is 0 Å². The van der Waals surface area contributed by atoms with E-state index >= 15 is 0 Å². The van der Waals surface area contributed by atoms with Crippen LogP contribution >= 0.6 is 0 Å². The van der Waals surface area contributed by atoms with E-state index < -0.39 is 48.5 Å². The van der Waals surface area contributed by atoms with Crippen LogP contribution in [-0.2, 0) is 42.9 Å². The number of carbonyl (C=O) groups is 4. The zero-order valence-electron chi connectivity index (χ0n) is 17.0. The van der Waals surface area contributed by atoms with Gasteiger partial charge in [0, 0.05) is 20.8 Å². The maximum Gasteiger partial charge on any atom is 0.364 e. The minimum Gasteiger partial charge on any atom is -1.00 e. The van der Waals surface area contributed by atoms with E-state index in [1.807, 2.05) is 0 Å². The topological polar surface area (TPSA) is 114 Å². The molecule has 0 aliphatic carbocycles. The van der Waals surface area contributed by atoms with Crippen LogP contribution in [0.2, 0.25) is 0 Å². The molecule has 0 spiro atoms. The van der Waals surface area contributed by atoms with Crippen molar-refractivity contribution >= 4 is 23.9 Å². The number of esters is 4. The highest BCUT2D eigenvalue weighted by molar-refractivity contribution is 5.71. The average molecular weight is 436 g/mol. The Morgan fingerprint density at radius 2 is 1.48 bits per heavy atom. The van der Waals surface area contributed by atoms with Gasteiger partial charge in [-0.1, -0.05) is 0 Å². The lowest BCUT2D eigenvalue weighted by molar-refractivity contribution is -0.875. The molecule has 1 aliphatic heterocycles. The lowest BCUT2D eigenvalue weighted by Gasteiger charge is -2.39. The van der Waals surface area contributed by atoms with Gasteiger partial charge in [-0.15, -0.1) is 6.42 Å². The van der Waals surface area contributed by atoms with E-state index in [0.717, 1.165) is 13.8 Å². The van der Waals surface area contributed by atoms with Crippen LogP contribution in [0.1, 0.15) is 20.8 Å². The van der Waals surface area contributed by atoms with E-state index in [1.54, 1.807) is 14.1 Å². The quantitative estimate of drug-likeness (QED) is 0.173. The van der Waals surface area contributed by atoms with Gasteiger partial charge in [-0.3, -0.25) is 14.4 Å². The van der Waals surface area contributed by atoms with Gasteiger partial charge in [0.25, 0.3) is 0 Å². The first-order chi connectivity index (χ1) is 12.9. The fraction of sp³-hybridized carbons (Fsp3) is 0.667. The van der Waals surface area contributed by atoms with E-state index in [-0.39, 0.29) is 30.0 Å². The van der Waals surface area contributed by atoms with Crippen LogP contribution in [0.4, 0.5) is 0 Å². The van der Waals surface area contributed by atoms with Crippen molar-refractivity contribution in [2.75, 3.05) is 33.8 Å². The number of ether oxygens (including phenoxy) is 5. The fourth-order valence-corrected chi connectivity index (χ4v) is 2.63. The highest BCUT2D eigenvalue weighted by Gasteiger charge is 2.49. The molecule has 29 heavy (non-hydrogen) atoms. The summed E-state index contributed by atoms with van der Waals surface area (Å²) >= 11 is 0. The Hall–Kier alpha value is -2.35. The summed E-state index contributed by atoms with van der Waals surface area (Å²) in [7, 11) is 3.48. The van der Waals surface area contributed by atoms with Crippen LogP contribution in [0.15, 0.2) is 0 Å². The zero-order valence-corrected chi connectivity index (χ0v) is 17.8. The Bertz CT molecular complexity index is 658. The first kappa shape index (κ1) is 26.6. The maximum atomic E-state index is 12.3. The second-order valence-corrected chi connectivity index (χ2v) is 6.94. The monoisotopic (exact) mass is 435 g/mol. The average Bonchev–Trinajstić information content (AvgIpc) is 2.50. The number of rotatable bonds is 7. The van der Waals surface area contributed by atoms with Crippen molar-refractivity contribution in [3.63, 3.8) is 0 Å². The largest absolute Gasteiger partial charge is 1.00 e. The van der Waals surface area contributed by atoms with Crippen molar-refractivity contribution in [3.8, 4) is 12.3 Å². The van der Waals surface area contributed by atoms with Gasteiger partial charge in [0.05, 0.1) is 20.7 Å². The van der Waals surface area contributed by atoms with Crippen molar-refractivity contribution in [1.29, 1.82) is 0 Å². The third kappa shape index (κ3) is 9.13. The highest BCUT2D eigenvalue weighted by Crippen LogP contribution is 2.25. The van der Waals surface area contributed by atoms with Gasteiger partial charge < -0.3 is 40.6 Å². The summed E-state index contributed by atoms with van der Waals surface area (Å²) in [6, 6.07) is 0. The molecule has 1 rings (SSSR count). The number of nitrogens with zero attached hydrogens (tertiary/aromatic N) is 1. The summed E-state index contributed by atoms with van der Waals surface area (Å²) in [5, 5.41) is 0. The van der Waals surface area contributed by atoms with Gasteiger partial charge in [-0.2, -0.15) is 0 Å². The van der Waals surface area contributed by atoms with E-state index in [9.17, 15) is 19.2 Å². The number of quaternary nitrogens is 1. The van der Waals surface area contributed by atoms with Gasteiger partial charge in [-0.05, 0) is 5.92 Å². The number of likely N-dealkylation sites (N-methyl/N-ethyl adjacent to an activating group) is 1. The summed E-state index contributed by atoms with van der Waals surface area (Å²) in [4.78, 5) is 46.6. The predicted molar refractivity (Wildman–Crippen MR) is 93.2 cm³/mol. The Kier molecular flexibility index (Phi) is 10.7. The molecular formula is C18H26ClNO9. The van der Waals surface area contributed by atoms with Crippen LogP contribution < -0.4 is 12.4 Å². The summed E-state index contributed by atoms with van der Waals surface area (Å²) < 4.78 is 26.3. The van der Waals surface area contributed by atoms with Gasteiger partial charge in [0.15, 0.2) is 18.8 Å². The molecule has 0 aromatic rings. The normalized spacial score (nSPS) is 23.6. The number of terminal acetylenes is 1. The SMILES string of the molecule is C#CC[N+](C)(C)CC(=O)OC1OC[C@H](OC(C)=O)[C@H](OC(C)=O)[C@H]1OC(C)=O.[Cl-]. The second-order valence-electron chi connectivity index (χ2n) is 6.94. The second kappa shape index (κ2) is 11.6. The molecule has 0 aromatic heterocycles. The lowest BCUT2D eigenvalue weighted by atomic mass is 10.0. The summed E-state index contributed by atoms with van der Waals surface area (Å²) in [6.45, 7) is 3.44. The molecule has 0 radical (unpaired) electrons. The number of hydrogen-bond acceptors (Lipinski definition) is 9. The smallest absolute Gasteiger partial charge is 0.364 e. The molecule has 4 atom stereocenters. The van der Waals surface area contributed by atoms with E-state index in [1.165, 1.54) is 6.92 Å². The molecular weight excluding hydrogens is 410 g/mol. The van der Waals surface area contributed by atoms with Gasteiger partial charge >= 0.3 is 23.9 Å². The molecule has 1 aliphatic rings. The number of halogens is 1. The minimum atomic E-state index is -1.35. The van der Waals surface area contributed by atoms with Crippen molar-refractivity contribution < 1.29 is 59.8 Å². The number of hydrogen-bond donors (Lipinski definition) is 0. The van der Waals surface area contributed by atoms with E-state index in [2.05, 4.69) is 5.92 Å². The summed E-state index contributed by atoms with van der Waals surface area (Å²) in [6.07, 6.45) is 0.383. The first-order valence-corrected chi connectivity index (χ1v) is 8.53. The molecule has 10 nitrogen and oxygen atoms in total. The van der Waals surface area contributed by atoms with Gasteiger partial charge in [0.2, 0.25) is 12.4 Å². The Morgan fingerprint density at radius 3 is 1.97 bits per heavy atom. The third-order valence-corrected chi connectivity index (χ3v) is 3.63. The Balaban J connectivity index is 0.00000784. The molecule has 11 heteroatoms. The lowest BCUT2D eigenvalue weighted by Crippen LogP contribution is -3.00. The zero-order chi connectivity index (χ0) is 21.5. The molecule has 1 unspecified atom stereocenters. The molecule has 0 aromatic carbocycles. The maximum absolute atomic E-state index is 12.3. The molecule has 1 heterocycles. The van der Waals surface area contributed by atoms with Crippen LogP contribution in [0.5, 0.6) is 0 Å². The molecule has 0 amide bonds. The molecule has 0 N–H and O–H groups in total. The van der Waals surface area contributed by atoms with Crippen molar-refractivity contribution in [2.24, 2.45) is 0 Å². The molecule has 0 bridgehead atoms.